The van der Waals surface area contributed by atoms with Gasteiger partial charge in [-0.2, -0.15) is 0 Å². The van der Waals surface area contributed by atoms with E-state index in [2.05, 4.69) is 13.2 Å². The summed E-state index contributed by atoms with van der Waals surface area (Å²) in [4.78, 5) is 48.6. The van der Waals surface area contributed by atoms with Crippen LogP contribution in [0.5, 0.6) is 0 Å². The van der Waals surface area contributed by atoms with E-state index in [1.165, 1.54) is 0 Å². The third-order valence-electron chi connectivity index (χ3n) is 9.25. The fourth-order valence-corrected chi connectivity index (χ4v) is 7.37. The number of benzene rings is 1. The van der Waals surface area contributed by atoms with Crippen molar-refractivity contribution in [2.45, 2.75) is 89.1 Å². The van der Waals surface area contributed by atoms with Gasteiger partial charge in [-0.05, 0) is 58.4 Å². The zero-order valence-electron chi connectivity index (χ0n) is 25.2. The molecule has 3 aliphatic rings. The summed E-state index contributed by atoms with van der Waals surface area (Å²) in [5, 5.41) is 9.45. The zero-order chi connectivity index (χ0) is 30.0. The highest BCUT2D eigenvalue weighted by Gasteiger charge is 2.79. The van der Waals surface area contributed by atoms with Gasteiger partial charge in [-0.25, -0.2) is 0 Å². The van der Waals surface area contributed by atoms with E-state index < -0.39 is 34.6 Å². The van der Waals surface area contributed by atoms with Crippen LogP contribution >= 0.6 is 0 Å². The van der Waals surface area contributed by atoms with Crippen molar-refractivity contribution in [2.75, 3.05) is 26.2 Å². The minimum absolute atomic E-state index is 0.00630. The molecule has 3 amide bonds. The second-order valence-electron chi connectivity index (χ2n) is 12.7. The fraction of sp³-hybridized carbons (Fsp3) is 0.606. The molecule has 0 aliphatic carbocycles. The molecule has 0 radical (unpaired) electrons. The molecule has 8 nitrogen and oxygen atoms in total. The first-order chi connectivity index (χ1) is 19.5. The molecule has 4 rings (SSSR count). The van der Waals surface area contributed by atoms with Crippen LogP contribution in [0.4, 0.5) is 0 Å². The zero-order valence-corrected chi connectivity index (χ0v) is 25.2. The van der Waals surface area contributed by atoms with E-state index in [9.17, 15) is 19.5 Å². The lowest BCUT2D eigenvalue weighted by Crippen LogP contribution is -2.60. The van der Waals surface area contributed by atoms with E-state index in [1.54, 1.807) is 26.9 Å². The lowest BCUT2D eigenvalue weighted by atomic mass is 9.64. The van der Waals surface area contributed by atoms with E-state index in [-0.39, 0.29) is 24.3 Å². The molecule has 8 heteroatoms. The van der Waals surface area contributed by atoms with E-state index in [0.29, 0.717) is 58.3 Å². The second kappa shape index (κ2) is 12.1. The quantitative estimate of drug-likeness (QED) is 0.289. The van der Waals surface area contributed by atoms with Crippen molar-refractivity contribution < 1.29 is 24.2 Å². The summed E-state index contributed by atoms with van der Waals surface area (Å²) in [6, 6.07) is 8.95. The van der Waals surface area contributed by atoms with Crippen molar-refractivity contribution in [2.24, 2.45) is 11.8 Å². The molecule has 3 heterocycles. The van der Waals surface area contributed by atoms with Crippen LogP contribution in [0.1, 0.15) is 65.4 Å². The Hall–Kier alpha value is -2.97. The lowest BCUT2D eigenvalue weighted by molar-refractivity contribution is -0.157. The predicted molar refractivity (Wildman–Crippen MR) is 159 cm³/mol. The summed E-state index contributed by atoms with van der Waals surface area (Å²) < 4.78 is 6.96. The van der Waals surface area contributed by atoms with Crippen molar-refractivity contribution in [3.8, 4) is 0 Å². The standard InChI is InChI=1S/C33H47N3O5/c1-7-19-34(23-24-15-11-10-12-16-24)28(38)25-26-29(39)35(21-13-14-22-37)27(30(40)36(20-8-2)31(4,5)6)33(26)18-17-32(25,9-3)41-33/h7-8,10-12,15-16,25-27,37H,1-2,9,13-14,17-23H2,3-6H3/t25-,26+,27?,32+,33?/m1/s1. The number of ether oxygens (including phenoxy) is 1. The Bertz CT molecular complexity index is 1150. The van der Waals surface area contributed by atoms with Crippen molar-refractivity contribution in [3.05, 3.63) is 61.2 Å². The van der Waals surface area contributed by atoms with Gasteiger partial charge < -0.3 is 24.5 Å². The maximum atomic E-state index is 14.5. The van der Waals surface area contributed by atoms with E-state index in [1.807, 2.05) is 58.0 Å². The van der Waals surface area contributed by atoms with Gasteiger partial charge in [0, 0.05) is 38.3 Å². The van der Waals surface area contributed by atoms with Gasteiger partial charge in [0.15, 0.2) is 0 Å². The highest BCUT2D eigenvalue weighted by atomic mass is 16.5. The van der Waals surface area contributed by atoms with Gasteiger partial charge in [0.1, 0.15) is 11.6 Å². The summed E-state index contributed by atoms with van der Waals surface area (Å²) in [6.45, 7) is 17.1. The molecule has 2 unspecified atom stereocenters. The summed E-state index contributed by atoms with van der Waals surface area (Å²) in [6.07, 6.45) is 6.22. The third-order valence-corrected chi connectivity index (χ3v) is 9.25. The molecule has 224 valence electrons. The number of rotatable bonds is 13. The number of aliphatic hydroxyl groups excluding tert-OH is 1. The summed E-state index contributed by atoms with van der Waals surface area (Å²) in [7, 11) is 0. The maximum Gasteiger partial charge on any atom is 0.249 e. The molecule has 2 bridgehead atoms. The normalized spacial score (nSPS) is 28.5. The Morgan fingerprint density at radius 1 is 1.10 bits per heavy atom. The SMILES string of the molecule is C=CCN(Cc1ccccc1)C(=O)[C@H]1[C@H]2C(=O)N(CCCCO)C(C(=O)N(CC=C)C(C)(C)C)C23CC[C@]1(CC)O3. The Morgan fingerprint density at radius 2 is 1.78 bits per heavy atom. The molecule has 41 heavy (non-hydrogen) atoms. The smallest absolute Gasteiger partial charge is 0.249 e. The first kappa shape index (κ1) is 31.0. The second-order valence-corrected chi connectivity index (χ2v) is 12.7. The summed E-state index contributed by atoms with van der Waals surface area (Å²) in [5.74, 6) is -1.94. The first-order valence-corrected chi connectivity index (χ1v) is 15.0. The van der Waals surface area contributed by atoms with Crippen LogP contribution in [0.2, 0.25) is 0 Å². The van der Waals surface area contributed by atoms with E-state index in [4.69, 9.17) is 4.74 Å². The molecule has 5 atom stereocenters. The number of likely N-dealkylation sites (tertiary alicyclic amines) is 1. The molecule has 1 aromatic carbocycles. The number of unbranched alkanes of at least 4 members (excludes halogenated alkanes) is 1. The number of nitrogens with zero attached hydrogens (tertiary/aromatic N) is 3. The van der Waals surface area contributed by atoms with Crippen LogP contribution in [0.25, 0.3) is 0 Å². The average molecular weight is 566 g/mol. The van der Waals surface area contributed by atoms with Gasteiger partial charge in [0.05, 0.1) is 17.4 Å². The molecular weight excluding hydrogens is 518 g/mol. The average Bonchev–Trinajstić information content (AvgIpc) is 3.54. The van der Waals surface area contributed by atoms with Crippen LogP contribution in [-0.2, 0) is 25.7 Å². The molecule has 1 N–H and O–H groups in total. The highest BCUT2D eigenvalue weighted by molar-refractivity contribution is 5.99. The Morgan fingerprint density at radius 3 is 2.37 bits per heavy atom. The van der Waals surface area contributed by atoms with Crippen LogP contribution < -0.4 is 0 Å². The van der Waals surface area contributed by atoms with Crippen LogP contribution in [0, 0.1) is 11.8 Å². The van der Waals surface area contributed by atoms with Crippen LogP contribution in [0.3, 0.4) is 0 Å². The maximum absolute atomic E-state index is 14.5. The Kier molecular flexibility index (Phi) is 9.14. The fourth-order valence-electron chi connectivity index (χ4n) is 7.37. The van der Waals surface area contributed by atoms with Crippen molar-refractivity contribution >= 4 is 17.7 Å². The minimum atomic E-state index is -1.08. The van der Waals surface area contributed by atoms with Gasteiger partial charge in [-0.3, -0.25) is 14.4 Å². The Balaban J connectivity index is 1.78. The number of amides is 3. The molecular formula is C33H47N3O5. The molecule has 1 aromatic rings. The first-order valence-electron chi connectivity index (χ1n) is 15.0. The molecule has 3 fully saturated rings. The number of aliphatic hydroxyl groups is 1. The predicted octanol–water partition coefficient (Wildman–Crippen LogP) is 3.94. The van der Waals surface area contributed by atoms with Crippen LogP contribution in [0.15, 0.2) is 55.6 Å². The third kappa shape index (κ3) is 5.37. The van der Waals surface area contributed by atoms with Gasteiger partial charge in [0.25, 0.3) is 0 Å². The monoisotopic (exact) mass is 565 g/mol. The number of carbonyl (C=O) groups excluding carboxylic acids is 3. The van der Waals surface area contributed by atoms with Crippen molar-refractivity contribution in [1.29, 1.82) is 0 Å². The van der Waals surface area contributed by atoms with E-state index in [0.717, 1.165) is 5.56 Å². The van der Waals surface area contributed by atoms with Crippen molar-refractivity contribution in [3.63, 3.8) is 0 Å². The lowest BCUT2D eigenvalue weighted by Gasteiger charge is -2.42. The van der Waals surface area contributed by atoms with Crippen molar-refractivity contribution in [1.82, 2.24) is 14.7 Å². The number of fused-ring (bicyclic) bond motifs is 1. The molecule has 1 spiro atoms. The number of hydrogen-bond acceptors (Lipinski definition) is 5. The van der Waals surface area contributed by atoms with E-state index >= 15 is 0 Å². The van der Waals surface area contributed by atoms with Gasteiger partial charge in [0.2, 0.25) is 17.7 Å². The molecule has 0 aromatic heterocycles. The summed E-state index contributed by atoms with van der Waals surface area (Å²) in [5.41, 5.74) is -1.41. The highest BCUT2D eigenvalue weighted by Crippen LogP contribution is 2.64. The molecule has 0 saturated carbocycles. The van der Waals surface area contributed by atoms with Gasteiger partial charge in [-0.15, -0.1) is 13.2 Å². The topological polar surface area (TPSA) is 90.4 Å². The van der Waals surface area contributed by atoms with Gasteiger partial charge in [-0.1, -0.05) is 49.4 Å². The van der Waals surface area contributed by atoms with Gasteiger partial charge >= 0.3 is 0 Å². The largest absolute Gasteiger partial charge is 0.396 e. The molecule has 3 saturated heterocycles. The summed E-state index contributed by atoms with van der Waals surface area (Å²) >= 11 is 0. The number of carbonyl (C=O) groups is 3. The minimum Gasteiger partial charge on any atom is -0.396 e. The van der Waals surface area contributed by atoms with Crippen LogP contribution in [-0.4, -0.2) is 86.6 Å². The number of hydrogen-bond donors (Lipinski definition) is 1. The Labute approximate surface area is 245 Å². The molecule has 3 aliphatic heterocycles.